The van der Waals surface area contributed by atoms with Crippen molar-refractivity contribution in [3.8, 4) is 0 Å². The topological polar surface area (TPSA) is 58.2 Å². The van der Waals surface area contributed by atoms with Crippen molar-refractivity contribution in [2.75, 3.05) is 11.8 Å². The molecule has 6 heteroatoms. The highest BCUT2D eigenvalue weighted by Crippen LogP contribution is 2.21. The molecule has 0 radical (unpaired) electrons. The van der Waals surface area contributed by atoms with Gasteiger partial charge in [-0.1, -0.05) is 29.8 Å². The van der Waals surface area contributed by atoms with Crippen molar-refractivity contribution in [3.05, 3.63) is 59.1 Å². The van der Waals surface area contributed by atoms with Gasteiger partial charge in [0.1, 0.15) is 0 Å². The Morgan fingerprint density at radius 3 is 2.48 bits per heavy atom. The molecular weight excluding hydrogens is 308 g/mol. The van der Waals surface area contributed by atoms with Gasteiger partial charge in [-0.25, -0.2) is 8.42 Å². The Hall–Kier alpha value is -1.56. The Morgan fingerprint density at radius 2 is 1.81 bits per heavy atom. The molecule has 0 aliphatic heterocycles. The largest absolute Gasteiger partial charge is 0.313 e. The molecule has 0 heterocycles. The molecule has 0 spiro atoms. The van der Waals surface area contributed by atoms with Crippen LogP contribution >= 0.6 is 11.6 Å². The summed E-state index contributed by atoms with van der Waals surface area (Å²) >= 11 is 5.86. The van der Waals surface area contributed by atoms with E-state index in [1.165, 1.54) is 0 Å². The molecule has 2 aromatic carbocycles. The fourth-order valence-corrected chi connectivity index (χ4v) is 3.18. The van der Waals surface area contributed by atoms with E-state index in [1.54, 1.807) is 42.5 Å². The third-order valence-corrected chi connectivity index (χ3v) is 4.79. The first-order valence-corrected chi connectivity index (χ1v) is 8.34. The molecule has 2 rings (SSSR count). The summed E-state index contributed by atoms with van der Waals surface area (Å²) in [5.74, 6) is 0. The smallest absolute Gasteiger partial charge is 0.261 e. The van der Waals surface area contributed by atoms with E-state index in [9.17, 15) is 8.42 Å². The summed E-state index contributed by atoms with van der Waals surface area (Å²) in [6.07, 6.45) is 0. The summed E-state index contributed by atoms with van der Waals surface area (Å²) in [7, 11) is -1.80. The van der Waals surface area contributed by atoms with Crippen LogP contribution < -0.4 is 10.0 Å². The molecule has 2 aromatic rings. The Bertz CT molecular complexity index is 732. The summed E-state index contributed by atoms with van der Waals surface area (Å²) < 4.78 is 27.3. The average Bonchev–Trinajstić information content (AvgIpc) is 2.46. The number of sulfonamides is 1. The van der Waals surface area contributed by atoms with Crippen LogP contribution in [0.15, 0.2) is 53.4 Å². The van der Waals surface area contributed by atoms with Crippen molar-refractivity contribution in [2.24, 2.45) is 0 Å². The van der Waals surface area contributed by atoms with E-state index < -0.39 is 10.0 Å². The molecule has 0 saturated carbocycles. The fourth-order valence-electron chi connectivity index (χ4n) is 1.88. The van der Waals surface area contributed by atoms with E-state index in [0.717, 1.165) is 5.56 Å². The van der Waals surface area contributed by atoms with Crippen LogP contribution in [0.25, 0.3) is 0 Å². The first-order chi connectivity index (χ1) is 9.92. The number of hydrogen-bond acceptors (Lipinski definition) is 3. The van der Waals surface area contributed by atoms with Crippen molar-refractivity contribution in [2.45, 2.75) is 17.9 Å². The Kier molecular flexibility index (Phi) is 4.88. The maximum atomic E-state index is 12.4. The van der Waals surface area contributed by atoms with Gasteiger partial charge in [0.2, 0.25) is 0 Å². The van der Waals surface area contributed by atoms with Crippen molar-refractivity contribution in [1.29, 1.82) is 0 Å². The lowest BCUT2D eigenvalue weighted by Gasteiger charge is -2.13. The summed E-state index contributed by atoms with van der Waals surface area (Å²) in [6.45, 7) is 1.97. The number of rotatable bonds is 5. The van der Waals surface area contributed by atoms with Crippen LogP contribution in [-0.4, -0.2) is 15.5 Å². The number of hydrogen-bond donors (Lipinski definition) is 2. The Labute approximate surface area is 130 Å². The molecule has 0 saturated heterocycles. The average molecular weight is 325 g/mol. The SMILES string of the molecule is CNC(C)c1cccc(S(=O)(=O)Nc2cccc(Cl)c2)c1. The highest BCUT2D eigenvalue weighted by atomic mass is 35.5. The van der Waals surface area contributed by atoms with Crippen LogP contribution in [0.2, 0.25) is 5.02 Å². The molecular formula is C15H17ClN2O2S. The van der Waals surface area contributed by atoms with Gasteiger partial charge in [-0.15, -0.1) is 0 Å². The minimum absolute atomic E-state index is 0.0753. The van der Waals surface area contributed by atoms with Gasteiger partial charge in [0, 0.05) is 11.1 Å². The lowest BCUT2D eigenvalue weighted by Crippen LogP contribution is -2.15. The van der Waals surface area contributed by atoms with Crippen LogP contribution in [0, 0.1) is 0 Å². The van der Waals surface area contributed by atoms with Crippen molar-refractivity contribution in [1.82, 2.24) is 5.32 Å². The normalized spacial score (nSPS) is 12.9. The van der Waals surface area contributed by atoms with E-state index in [4.69, 9.17) is 11.6 Å². The molecule has 0 aliphatic carbocycles. The maximum absolute atomic E-state index is 12.4. The van der Waals surface area contributed by atoms with E-state index >= 15 is 0 Å². The van der Waals surface area contributed by atoms with Crippen LogP contribution in [-0.2, 0) is 10.0 Å². The first kappa shape index (κ1) is 15.8. The van der Waals surface area contributed by atoms with E-state index in [0.29, 0.717) is 10.7 Å². The molecule has 0 amide bonds. The third-order valence-electron chi connectivity index (χ3n) is 3.18. The second-order valence-electron chi connectivity index (χ2n) is 4.70. The van der Waals surface area contributed by atoms with Gasteiger partial charge in [0.25, 0.3) is 10.0 Å². The molecule has 0 aliphatic rings. The van der Waals surface area contributed by atoms with E-state index in [2.05, 4.69) is 10.0 Å². The Balaban J connectivity index is 2.31. The van der Waals surface area contributed by atoms with Crippen LogP contribution in [0.5, 0.6) is 0 Å². The zero-order valence-electron chi connectivity index (χ0n) is 11.8. The molecule has 2 N–H and O–H groups in total. The highest BCUT2D eigenvalue weighted by Gasteiger charge is 2.15. The van der Waals surface area contributed by atoms with Crippen LogP contribution in [0.4, 0.5) is 5.69 Å². The van der Waals surface area contributed by atoms with Gasteiger partial charge in [0.15, 0.2) is 0 Å². The molecule has 112 valence electrons. The quantitative estimate of drug-likeness (QED) is 0.886. The Morgan fingerprint density at radius 1 is 1.10 bits per heavy atom. The fraction of sp³-hybridized carbons (Fsp3) is 0.200. The lowest BCUT2D eigenvalue weighted by atomic mass is 10.1. The minimum atomic E-state index is -3.63. The van der Waals surface area contributed by atoms with Gasteiger partial charge in [-0.2, -0.15) is 0 Å². The molecule has 0 aromatic heterocycles. The van der Waals surface area contributed by atoms with Gasteiger partial charge >= 0.3 is 0 Å². The molecule has 1 atom stereocenters. The maximum Gasteiger partial charge on any atom is 0.261 e. The first-order valence-electron chi connectivity index (χ1n) is 6.48. The highest BCUT2D eigenvalue weighted by molar-refractivity contribution is 7.92. The van der Waals surface area contributed by atoms with Gasteiger partial charge in [0.05, 0.1) is 10.6 Å². The third kappa shape index (κ3) is 3.97. The van der Waals surface area contributed by atoms with Crippen molar-refractivity contribution >= 4 is 27.3 Å². The predicted molar refractivity (Wildman–Crippen MR) is 86.2 cm³/mol. The second kappa shape index (κ2) is 6.47. The lowest BCUT2D eigenvalue weighted by molar-refractivity contribution is 0.600. The van der Waals surface area contributed by atoms with Gasteiger partial charge in [-0.3, -0.25) is 4.72 Å². The van der Waals surface area contributed by atoms with Gasteiger partial charge < -0.3 is 5.32 Å². The summed E-state index contributed by atoms with van der Waals surface area (Å²) in [4.78, 5) is 0.224. The number of benzene rings is 2. The summed E-state index contributed by atoms with van der Waals surface area (Å²) in [5, 5.41) is 3.56. The standard InChI is InChI=1S/C15H17ClN2O2S/c1-11(17-2)12-5-3-8-15(9-12)21(19,20)18-14-7-4-6-13(16)10-14/h3-11,17-18H,1-2H3. The molecule has 4 nitrogen and oxygen atoms in total. The number of halogens is 1. The van der Waals surface area contributed by atoms with Crippen molar-refractivity contribution in [3.63, 3.8) is 0 Å². The minimum Gasteiger partial charge on any atom is -0.313 e. The van der Waals surface area contributed by atoms with E-state index in [-0.39, 0.29) is 10.9 Å². The number of nitrogens with one attached hydrogen (secondary N) is 2. The summed E-state index contributed by atoms with van der Waals surface area (Å²) in [5.41, 5.74) is 1.35. The molecule has 1 unspecified atom stereocenters. The second-order valence-corrected chi connectivity index (χ2v) is 6.82. The zero-order chi connectivity index (χ0) is 15.5. The monoisotopic (exact) mass is 324 g/mol. The van der Waals surface area contributed by atoms with Gasteiger partial charge in [-0.05, 0) is 49.9 Å². The van der Waals surface area contributed by atoms with E-state index in [1.807, 2.05) is 20.0 Å². The molecule has 21 heavy (non-hydrogen) atoms. The summed E-state index contributed by atoms with van der Waals surface area (Å²) in [6, 6.07) is 13.5. The predicted octanol–water partition coefficient (Wildman–Crippen LogP) is 3.42. The molecule has 0 fully saturated rings. The van der Waals surface area contributed by atoms with Crippen LogP contribution in [0.1, 0.15) is 18.5 Å². The number of anilines is 1. The zero-order valence-corrected chi connectivity index (χ0v) is 13.4. The molecule has 0 bridgehead atoms. The van der Waals surface area contributed by atoms with Crippen molar-refractivity contribution < 1.29 is 8.42 Å². The van der Waals surface area contributed by atoms with Crippen LogP contribution in [0.3, 0.4) is 0 Å².